The Kier molecular flexibility index (Phi) is 5.71. The third-order valence-corrected chi connectivity index (χ3v) is 4.71. The average Bonchev–Trinajstić information content (AvgIpc) is 2.59. The SMILES string of the molecule is CC(C)(Cc1cc2cc(Br)ccc2cc1OCc1ccccc1)OC(N)=O. The highest BCUT2D eigenvalue weighted by Gasteiger charge is 2.24. The predicted octanol–water partition coefficient (Wildman–Crippen LogP) is 5.60. The van der Waals surface area contributed by atoms with Gasteiger partial charge in [-0.1, -0.05) is 52.3 Å². The number of hydrogen-bond acceptors (Lipinski definition) is 3. The number of rotatable bonds is 6. The van der Waals surface area contributed by atoms with Gasteiger partial charge in [0.2, 0.25) is 0 Å². The lowest BCUT2D eigenvalue weighted by molar-refractivity contribution is 0.0454. The molecule has 27 heavy (non-hydrogen) atoms. The molecule has 140 valence electrons. The van der Waals surface area contributed by atoms with Crippen molar-refractivity contribution in [2.24, 2.45) is 5.73 Å². The molecule has 4 nitrogen and oxygen atoms in total. The zero-order chi connectivity index (χ0) is 19.4. The van der Waals surface area contributed by atoms with Crippen LogP contribution in [0, 0.1) is 0 Å². The van der Waals surface area contributed by atoms with Gasteiger partial charge in [-0.2, -0.15) is 0 Å². The highest BCUT2D eigenvalue weighted by Crippen LogP contribution is 2.32. The van der Waals surface area contributed by atoms with Gasteiger partial charge in [-0.15, -0.1) is 0 Å². The van der Waals surface area contributed by atoms with Gasteiger partial charge < -0.3 is 15.2 Å². The van der Waals surface area contributed by atoms with Crippen molar-refractivity contribution in [2.75, 3.05) is 0 Å². The standard InChI is InChI=1S/C22H22BrNO3/c1-22(2,27-21(24)25)13-18-10-17-11-19(23)9-8-16(17)12-20(18)26-14-15-6-4-3-5-7-15/h3-12H,13-14H2,1-2H3,(H2,24,25). The molecular weight excluding hydrogens is 406 g/mol. The minimum Gasteiger partial charge on any atom is -0.489 e. The van der Waals surface area contributed by atoms with Crippen molar-refractivity contribution in [1.29, 1.82) is 0 Å². The van der Waals surface area contributed by atoms with Crippen LogP contribution in [0.4, 0.5) is 4.79 Å². The van der Waals surface area contributed by atoms with Gasteiger partial charge in [-0.25, -0.2) is 4.79 Å². The Hall–Kier alpha value is -2.53. The number of carbonyl (C=O) groups excluding carboxylic acids is 1. The van der Waals surface area contributed by atoms with E-state index >= 15 is 0 Å². The summed E-state index contributed by atoms with van der Waals surface area (Å²) in [4.78, 5) is 11.2. The number of amides is 1. The normalized spacial score (nSPS) is 11.4. The van der Waals surface area contributed by atoms with Gasteiger partial charge in [0.1, 0.15) is 18.0 Å². The Balaban J connectivity index is 1.95. The number of ether oxygens (including phenoxy) is 2. The lowest BCUT2D eigenvalue weighted by atomic mass is 9.95. The number of carbonyl (C=O) groups is 1. The lowest BCUT2D eigenvalue weighted by Crippen LogP contribution is -2.33. The van der Waals surface area contributed by atoms with Crippen molar-refractivity contribution >= 4 is 32.8 Å². The Labute approximate surface area is 167 Å². The number of benzene rings is 3. The molecule has 0 saturated heterocycles. The highest BCUT2D eigenvalue weighted by atomic mass is 79.9. The third kappa shape index (κ3) is 5.23. The monoisotopic (exact) mass is 427 g/mol. The highest BCUT2D eigenvalue weighted by molar-refractivity contribution is 9.10. The maximum atomic E-state index is 11.2. The zero-order valence-corrected chi connectivity index (χ0v) is 17.0. The molecule has 0 aromatic heterocycles. The topological polar surface area (TPSA) is 61.6 Å². The van der Waals surface area contributed by atoms with Crippen molar-refractivity contribution in [2.45, 2.75) is 32.5 Å². The molecule has 0 bridgehead atoms. The Bertz CT molecular complexity index is 954. The van der Waals surface area contributed by atoms with Crippen molar-refractivity contribution in [3.63, 3.8) is 0 Å². The first-order valence-electron chi connectivity index (χ1n) is 8.70. The van der Waals surface area contributed by atoms with Gasteiger partial charge in [0.15, 0.2) is 0 Å². The van der Waals surface area contributed by atoms with Gasteiger partial charge in [0.25, 0.3) is 0 Å². The first-order chi connectivity index (χ1) is 12.8. The van der Waals surface area contributed by atoms with E-state index < -0.39 is 11.7 Å². The van der Waals surface area contributed by atoms with Crippen LogP contribution in [0.2, 0.25) is 0 Å². The molecule has 0 aliphatic carbocycles. The van der Waals surface area contributed by atoms with E-state index in [9.17, 15) is 4.79 Å². The van der Waals surface area contributed by atoms with E-state index in [0.29, 0.717) is 13.0 Å². The summed E-state index contributed by atoms with van der Waals surface area (Å²) in [6.07, 6.45) is -0.294. The second-order valence-corrected chi connectivity index (χ2v) is 8.00. The maximum Gasteiger partial charge on any atom is 0.405 e. The van der Waals surface area contributed by atoms with Crippen molar-refractivity contribution in [1.82, 2.24) is 0 Å². The fourth-order valence-corrected chi connectivity index (χ4v) is 3.45. The molecule has 0 aliphatic heterocycles. The molecule has 0 heterocycles. The fraction of sp³-hybridized carbons (Fsp3) is 0.227. The molecule has 2 N–H and O–H groups in total. The minimum atomic E-state index is -0.782. The number of primary amides is 1. The smallest absolute Gasteiger partial charge is 0.405 e. The summed E-state index contributed by atoms with van der Waals surface area (Å²) in [7, 11) is 0. The summed E-state index contributed by atoms with van der Waals surface area (Å²) < 4.78 is 12.4. The molecule has 0 fully saturated rings. The largest absolute Gasteiger partial charge is 0.489 e. The van der Waals surface area contributed by atoms with E-state index in [2.05, 4.69) is 28.1 Å². The van der Waals surface area contributed by atoms with Crippen LogP contribution < -0.4 is 10.5 Å². The molecule has 0 aliphatic rings. The molecule has 3 rings (SSSR count). The van der Waals surface area contributed by atoms with Crippen LogP contribution in [0.1, 0.15) is 25.0 Å². The van der Waals surface area contributed by atoms with E-state index in [-0.39, 0.29) is 0 Å². The minimum absolute atomic E-state index is 0.465. The van der Waals surface area contributed by atoms with Gasteiger partial charge in [-0.3, -0.25) is 0 Å². The first kappa shape index (κ1) is 19.2. The van der Waals surface area contributed by atoms with E-state index in [1.165, 1.54) is 0 Å². The molecular formula is C22H22BrNO3. The van der Waals surface area contributed by atoms with Crippen molar-refractivity contribution in [3.05, 3.63) is 76.3 Å². The summed E-state index contributed by atoms with van der Waals surface area (Å²) >= 11 is 3.51. The summed E-state index contributed by atoms with van der Waals surface area (Å²) in [6, 6.07) is 20.2. The molecule has 3 aromatic rings. The second-order valence-electron chi connectivity index (χ2n) is 7.08. The summed E-state index contributed by atoms with van der Waals surface area (Å²) in [6.45, 7) is 4.14. The molecule has 3 aromatic carbocycles. The van der Waals surface area contributed by atoms with Crippen LogP contribution in [0.25, 0.3) is 10.8 Å². The summed E-state index contributed by atoms with van der Waals surface area (Å²) in [5.41, 5.74) is 6.53. The molecule has 0 saturated carbocycles. The van der Waals surface area contributed by atoms with Crippen LogP contribution in [0.5, 0.6) is 5.75 Å². The number of hydrogen-bond donors (Lipinski definition) is 1. The maximum absolute atomic E-state index is 11.2. The van der Waals surface area contributed by atoms with Crippen LogP contribution in [-0.2, 0) is 17.8 Å². The van der Waals surface area contributed by atoms with Crippen molar-refractivity contribution in [3.8, 4) is 5.75 Å². The number of fused-ring (bicyclic) bond motifs is 1. The van der Waals surface area contributed by atoms with Gasteiger partial charge in [0, 0.05) is 10.9 Å². The van der Waals surface area contributed by atoms with E-state index in [0.717, 1.165) is 32.1 Å². The van der Waals surface area contributed by atoms with E-state index in [4.69, 9.17) is 15.2 Å². The number of halogens is 1. The first-order valence-corrected chi connectivity index (χ1v) is 9.49. The zero-order valence-electron chi connectivity index (χ0n) is 15.4. The lowest BCUT2D eigenvalue weighted by Gasteiger charge is -2.25. The van der Waals surface area contributed by atoms with Gasteiger partial charge in [0.05, 0.1) is 0 Å². The molecule has 0 spiro atoms. The Morgan fingerprint density at radius 1 is 1.04 bits per heavy atom. The van der Waals surface area contributed by atoms with Crippen molar-refractivity contribution < 1.29 is 14.3 Å². The quantitative estimate of drug-likeness (QED) is 0.556. The summed E-state index contributed by atoms with van der Waals surface area (Å²) in [5, 5.41) is 2.17. The molecule has 5 heteroatoms. The van der Waals surface area contributed by atoms with Crippen LogP contribution in [0.15, 0.2) is 65.1 Å². The molecule has 0 unspecified atom stereocenters. The Morgan fingerprint density at radius 3 is 2.48 bits per heavy atom. The van der Waals surface area contributed by atoms with Gasteiger partial charge in [-0.05, 0) is 60.0 Å². The van der Waals surface area contributed by atoms with Gasteiger partial charge >= 0.3 is 6.09 Å². The van der Waals surface area contributed by atoms with E-state index in [1.54, 1.807) is 0 Å². The summed E-state index contributed by atoms with van der Waals surface area (Å²) in [5.74, 6) is 0.773. The van der Waals surface area contributed by atoms with Crippen LogP contribution in [-0.4, -0.2) is 11.7 Å². The molecule has 0 atom stereocenters. The molecule has 0 radical (unpaired) electrons. The average molecular weight is 428 g/mol. The second kappa shape index (κ2) is 8.01. The third-order valence-electron chi connectivity index (χ3n) is 4.21. The van der Waals surface area contributed by atoms with E-state index in [1.807, 2.05) is 62.4 Å². The van der Waals surface area contributed by atoms with Crippen LogP contribution in [0.3, 0.4) is 0 Å². The molecule has 1 amide bonds. The predicted molar refractivity (Wildman–Crippen MR) is 111 cm³/mol. The Morgan fingerprint density at radius 2 is 1.78 bits per heavy atom. The fourth-order valence-electron chi connectivity index (χ4n) is 3.07. The number of nitrogens with two attached hydrogens (primary N) is 1. The van der Waals surface area contributed by atoms with Crippen LogP contribution >= 0.6 is 15.9 Å².